The molecule has 5 rings (SSSR count). The van der Waals surface area contributed by atoms with Gasteiger partial charge in [-0.1, -0.05) is 6.92 Å². The summed E-state index contributed by atoms with van der Waals surface area (Å²) >= 11 is 0. The second-order valence-corrected chi connectivity index (χ2v) is 10.3. The number of aliphatic carboxylic acids is 1. The standard InChI is InChI=1S/C26H28N6O5/c1-13-5-16(17-9-27-15(3)28-10-17)6-18-23(14(2)33)30-31(24(13)18)12-21(34)32-19(7-26(4)8-20(26)32)25(37)29-11-22(35)36/h5-6,9-10,19-20H,7-8,11-12H2,1-4H3,(H,29,37)(H,35,36)/t19-,20+,26-/m0/s1. The summed E-state index contributed by atoms with van der Waals surface area (Å²) in [6.07, 6.45) is 4.72. The summed E-state index contributed by atoms with van der Waals surface area (Å²) in [5.74, 6) is -1.49. The highest BCUT2D eigenvalue weighted by Gasteiger charge is 2.64. The minimum Gasteiger partial charge on any atom is -0.480 e. The Morgan fingerprint density at radius 1 is 1.11 bits per heavy atom. The van der Waals surface area contributed by atoms with Crippen LogP contribution in [0.15, 0.2) is 24.5 Å². The molecule has 37 heavy (non-hydrogen) atoms. The van der Waals surface area contributed by atoms with Gasteiger partial charge in [0.2, 0.25) is 11.8 Å². The number of aryl methyl sites for hydroxylation is 2. The number of amides is 2. The van der Waals surface area contributed by atoms with E-state index in [4.69, 9.17) is 5.11 Å². The largest absolute Gasteiger partial charge is 0.480 e. The number of likely N-dealkylation sites (tertiary alicyclic amines) is 1. The van der Waals surface area contributed by atoms with Crippen LogP contribution in [0.25, 0.3) is 22.0 Å². The van der Waals surface area contributed by atoms with Crippen molar-refractivity contribution in [3.05, 3.63) is 41.6 Å². The number of fused-ring (bicyclic) bond motifs is 2. The molecule has 2 aromatic heterocycles. The summed E-state index contributed by atoms with van der Waals surface area (Å²) in [4.78, 5) is 59.8. The number of ketones is 1. The van der Waals surface area contributed by atoms with Crippen LogP contribution >= 0.6 is 0 Å². The molecule has 1 saturated heterocycles. The first-order valence-electron chi connectivity index (χ1n) is 12.1. The number of nitrogens with zero attached hydrogens (tertiary/aromatic N) is 5. The highest BCUT2D eigenvalue weighted by molar-refractivity contribution is 6.07. The van der Waals surface area contributed by atoms with Crippen molar-refractivity contribution in [3.8, 4) is 11.1 Å². The Bertz CT molecular complexity index is 1460. The lowest BCUT2D eigenvalue weighted by molar-refractivity contribution is -0.142. The predicted octanol–water partition coefficient (Wildman–Crippen LogP) is 1.89. The number of carbonyl (C=O) groups excluding carboxylic acids is 3. The molecule has 1 aliphatic carbocycles. The number of aromatic nitrogens is 4. The molecule has 11 nitrogen and oxygen atoms in total. The fourth-order valence-corrected chi connectivity index (χ4v) is 5.46. The predicted molar refractivity (Wildman–Crippen MR) is 133 cm³/mol. The fraction of sp³-hybridized carbons (Fsp3) is 0.423. The van der Waals surface area contributed by atoms with Gasteiger partial charge in [-0.15, -0.1) is 0 Å². The number of Topliss-reactive ketones (excluding diaryl/α,β-unsaturated/α-hetero) is 1. The number of rotatable bonds is 7. The summed E-state index contributed by atoms with van der Waals surface area (Å²) in [6, 6.07) is 2.98. The third-order valence-electron chi connectivity index (χ3n) is 7.41. The van der Waals surface area contributed by atoms with E-state index >= 15 is 0 Å². The lowest BCUT2D eigenvalue weighted by Crippen LogP contribution is -2.49. The van der Waals surface area contributed by atoms with E-state index in [0.717, 1.165) is 23.1 Å². The van der Waals surface area contributed by atoms with Gasteiger partial charge in [0.05, 0.1) is 5.52 Å². The second-order valence-electron chi connectivity index (χ2n) is 10.3. The lowest BCUT2D eigenvalue weighted by atomic mass is 10.0. The van der Waals surface area contributed by atoms with E-state index in [1.807, 2.05) is 26.0 Å². The quantitative estimate of drug-likeness (QED) is 0.464. The van der Waals surface area contributed by atoms with Crippen molar-refractivity contribution < 1.29 is 24.3 Å². The number of carboxylic acids is 1. The molecule has 2 amide bonds. The van der Waals surface area contributed by atoms with Crippen molar-refractivity contribution in [2.75, 3.05) is 6.54 Å². The highest BCUT2D eigenvalue weighted by Crippen LogP contribution is 2.59. The first kappa shape index (κ1) is 24.5. The van der Waals surface area contributed by atoms with E-state index in [2.05, 4.69) is 20.4 Å². The zero-order valence-corrected chi connectivity index (χ0v) is 21.1. The smallest absolute Gasteiger partial charge is 0.322 e. The lowest BCUT2D eigenvalue weighted by Gasteiger charge is -2.26. The SMILES string of the molecule is CC(=O)c1nn(CC(=O)N2[C@H](C(=O)NCC(=O)O)C[C@@]3(C)C[C@@H]23)c2c(C)cc(-c3cnc(C)nc3)cc12. The topological polar surface area (TPSA) is 147 Å². The average molecular weight is 505 g/mol. The average Bonchev–Trinajstić information content (AvgIpc) is 3.19. The molecule has 0 unspecified atom stereocenters. The molecule has 0 radical (unpaired) electrons. The molecule has 0 bridgehead atoms. The van der Waals surface area contributed by atoms with Crippen molar-refractivity contribution in [2.45, 2.75) is 59.2 Å². The van der Waals surface area contributed by atoms with Gasteiger partial charge in [-0.3, -0.25) is 23.9 Å². The van der Waals surface area contributed by atoms with Crippen molar-refractivity contribution in [1.82, 2.24) is 30.0 Å². The Morgan fingerprint density at radius 3 is 2.46 bits per heavy atom. The van der Waals surface area contributed by atoms with Gasteiger partial charge < -0.3 is 15.3 Å². The van der Waals surface area contributed by atoms with Crippen molar-refractivity contribution in [3.63, 3.8) is 0 Å². The second kappa shape index (κ2) is 8.75. The molecule has 0 spiro atoms. The Morgan fingerprint density at radius 2 is 1.81 bits per heavy atom. The maximum atomic E-state index is 13.6. The molecular weight excluding hydrogens is 476 g/mol. The molecule has 1 aliphatic heterocycles. The third-order valence-corrected chi connectivity index (χ3v) is 7.41. The summed E-state index contributed by atoms with van der Waals surface area (Å²) in [7, 11) is 0. The molecule has 2 aliphatic rings. The number of hydrogen-bond donors (Lipinski definition) is 2. The van der Waals surface area contributed by atoms with Gasteiger partial charge in [0.15, 0.2) is 5.78 Å². The van der Waals surface area contributed by atoms with E-state index in [0.29, 0.717) is 23.1 Å². The van der Waals surface area contributed by atoms with E-state index < -0.39 is 24.5 Å². The van der Waals surface area contributed by atoms with Gasteiger partial charge in [-0.05, 0) is 55.4 Å². The number of carbonyl (C=O) groups is 4. The van der Waals surface area contributed by atoms with Crippen LogP contribution in [0.1, 0.15) is 48.6 Å². The van der Waals surface area contributed by atoms with Gasteiger partial charge in [-0.25, -0.2) is 9.97 Å². The van der Waals surface area contributed by atoms with Crippen LogP contribution in [-0.4, -0.2) is 72.0 Å². The van der Waals surface area contributed by atoms with E-state index in [1.165, 1.54) is 11.6 Å². The molecular formula is C26H28N6O5. The van der Waals surface area contributed by atoms with Crippen molar-refractivity contribution >= 4 is 34.5 Å². The van der Waals surface area contributed by atoms with Crippen LogP contribution in [0, 0.1) is 19.3 Å². The normalized spacial score (nSPS) is 22.1. The van der Waals surface area contributed by atoms with E-state index in [9.17, 15) is 19.2 Å². The summed E-state index contributed by atoms with van der Waals surface area (Å²) in [6.45, 7) is 6.51. The van der Waals surface area contributed by atoms with Gasteiger partial charge in [0.1, 0.15) is 30.6 Å². The van der Waals surface area contributed by atoms with Crippen molar-refractivity contribution in [1.29, 1.82) is 0 Å². The Balaban J connectivity index is 1.48. The molecule has 192 valence electrons. The first-order chi connectivity index (χ1) is 17.5. The Hall–Kier alpha value is -4.15. The number of carboxylic acid groups (broad SMARTS) is 1. The van der Waals surface area contributed by atoms with Crippen LogP contribution in [0.2, 0.25) is 0 Å². The van der Waals surface area contributed by atoms with Crippen LogP contribution in [0.4, 0.5) is 0 Å². The Kier molecular flexibility index (Phi) is 5.81. The van der Waals surface area contributed by atoms with Gasteiger partial charge >= 0.3 is 5.97 Å². The molecule has 11 heteroatoms. The summed E-state index contributed by atoms with van der Waals surface area (Å²) < 4.78 is 1.53. The molecule has 2 N–H and O–H groups in total. The molecule has 1 saturated carbocycles. The van der Waals surface area contributed by atoms with E-state index in [1.54, 1.807) is 24.2 Å². The monoisotopic (exact) mass is 504 g/mol. The molecule has 1 aromatic carbocycles. The number of benzene rings is 1. The van der Waals surface area contributed by atoms with Crippen LogP contribution < -0.4 is 5.32 Å². The van der Waals surface area contributed by atoms with E-state index in [-0.39, 0.29) is 35.4 Å². The first-order valence-corrected chi connectivity index (χ1v) is 12.1. The zero-order chi connectivity index (χ0) is 26.6. The molecule has 3 aromatic rings. The number of hydrogen-bond acceptors (Lipinski definition) is 7. The van der Waals surface area contributed by atoms with Gasteiger partial charge in [-0.2, -0.15) is 5.10 Å². The fourth-order valence-electron chi connectivity index (χ4n) is 5.46. The van der Waals surface area contributed by atoms with Gasteiger partial charge in [0.25, 0.3) is 0 Å². The van der Waals surface area contributed by atoms with Crippen LogP contribution in [-0.2, 0) is 20.9 Å². The Labute approximate surface area is 212 Å². The third kappa shape index (κ3) is 4.34. The molecule has 3 atom stereocenters. The summed E-state index contributed by atoms with van der Waals surface area (Å²) in [5, 5.41) is 16.5. The minimum atomic E-state index is -1.15. The molecule has 2 fully saturated rings. The number of nitrogens with one attached hydrogen (secondary N) is 1. The molecule has 3 heterocycles. The minimum absolute atomic E-state index is 0.0797. The summed E-state index contributed by atoms with van der Waals surface area (Å²) in [5.41, 5.74) is 3.23. The number of piperidine rings is 1. The highest BCUT2D eigenvalue weighted by atomic mass is 16.4. The van der Waals surface area contributed by atoms with Gasteiger partial charge in [0, 0.05) is 36.3 Å². The van der Waals surface area contributed by atoms with Crippen molar-refractivity contribution in [2.24, 2.45) is 5.41 Å². The van der Waals surface area contributed by atoms with Crippen LogP contribution in [0.5, 0.6) is 0 Å². The maximum absolute atomic E-state index is 13.6. The zero-order valence-electron chi connectivity index (χ0n) is 21.1. The maximum Gasteiger partial charge on any atom is 0.322 e. The van der Waals surface area contributed by atoms with Crippen LogP contribution in [0.3, 0.4) is 0 Å².